The number of anilines is 2. The average molecular weight is 253 g/mol. The molecule has 0 spiro atoms. The molecule has 0 amide bonds. The minimum atomic E-state index is -0.467. The zero-order valence-electron chi connectivity index (χ0n) is 10.00. The molecule has 8 nitrogen and oxygen atoms in total. The van der Waals surface area contributed by atoms with E-state index in [4.69, 9.17) is 10.6 Å². The summed E-state index contributed by atoms with van der Waals surface area (Å²) >= 11 is 0. The SMILES string of the molecule is CN(c1cc([N+](=O)[O-])cc(NN)n1)C1CCOC1. The van der Waals surface area contributed by atoms with Gasteiger partial charge in [-0.25, -0.2) is 10.8 Å². The van der Waals surface area contributed by atoms with Gasteiger partial charge >= 0.3 is 0 Å². The third-order valence-corrected chi connectivity index (χ3v) is 2.97. The van der Waals surface area contributed by atoms with Crippen LogP contribution in [-0.2, 0) is 4.74 Å². The zero-order chi connectivity index (χ0) is 13.1. The first-order valence-corrected chi connectivity index (χ1v) is 5.55. The van der Waals surface area contributed by atoms with Crippen LogP contribution in [0.1, 0.15) is 6.42 Å². The van der Waals surface area contributed by atoms with Crippen LogP contribution in [-0.4, -0.2) is 36.2 Å². The molecule has 1 aromatic heterocycles. The van der Waals surface area contributed by atoms with Crippen LogP contribution in [0, 0.1) is 10.1 Å². The van der Waals surface area contributed by atoms with Crippen LogP contribution < -0.4 is 16.2 Å². The second kappa shape index (κ2) is 5.15. The molecule has 1 aliphatic rings. The number of likely N-dealkylation sites (N-methyl/N-ethyl adjacent to an activating group) is 1. The quantitative estimate of drug-likeness (QED) is 0.457. The van der Waals surface area contributed by atoms with Gasteiger partial charge < -0.3 is 15.1 Å². The van der Waals surface area contributed by atoms with Gasteiger partial charge in [-0.3, -0.25) is 10.1 Å². The molecule has 0 saturated carbocycles. The van der Waals surface area contributed by atoms with Crippen molar-refractivity contribution in [2.24, 2.45) is 5.84 Å². The molecule has 2 heterocycles. The van der Waals surface area contributed by atoms with Gasteiger partial charge in [0.2, 0.25) is 0 Å². The topological polar surface area (TPSA) is 107 Å². The molecular formula is C10H15N5O3. The first kappa shape index (κ1) is 12.5. The van der Waals surface area contributed by atoms with Gasteiger partial charge in [0, 0.05) is 13.7 Å². The summed E-state index contributed by atoms with van der Waals surface area (Å²) in [4.78, 5) is 16.4. The number of rotatable bonds is 4. The lowest BCUT2D eigenvalue weighted by Crippen LogP contribution is -2.32. The van der Waals surface area contributed by atoms with Crippen LogP contribution >= 0.6 is 0 Å². The van der Waals surface area contributed by atoms with E-state index in [2.05, 4.69) is 10.4 Å². The molecule has 0 bridgehead atoms. The Hall–Kier alpha value is -1.93. The van der Waals surface area contributed by atoms with E-state index in [9.17, 15) is 10.1 Å². The number of hydrazine groups is 1. The molecule has 3 N–H and O–H groups in total. The Morgan fingerprint density at radius 3 is 3.00 bits per heavy atom. The van der Waals surface area contributed by atoms with E-state index in [0.29, 0.717) is 19.0 Å². The molecule has 0 radical (unpaired) electrons. The van der Waals surface area contributed by atoms with Crippen LogP contribution in [0.25, 0.3) is 0 Å². The standard InChI is InChI=1S/C10H15N5O3/c1-14(7-2-3-18-6-7)10-5-8(15(16)17)4-9(12-10)13-11/h4-5,7H,2-3,6,11H2,1H3,(H,12,13). The Morgan fingerprint density at radius 2 is 2.44 bits per heavy atom. The first-order valence-electron chi connectivity index (χ1n) is 5.55. The van der Waals surface area contributed by atoms with Gasteiger partial charge in [0.15, 0.2) is 0 Å². The van der Waals surface area contributed by atoms with Gasteiger partial charge in [0.05, 0.1) is 29.7 Å². The highest BCUT2D eigenvalue weighted by atomic mass is 16.6. The maximum absolute atomic E-state index is 10.8. The van der Waals surface area contributed by atoms with E-state index in [1.54, 1.807) is 0 Å². The number of hydrogen-bond donors (Lipinski definition) is 2. The summed E-state index contributed by atoms with van der Waals surface area (Å²) in [5, 5.41) is 10.8. The molecule has 8 heteroatoms. The van der Waals surface area contributed by atoms with Crippen LogP contribution in [0.15, 0.2) is 12.1 Å². The van der Waals surface area contributed by atoms with Gasteiger partial charge in [-0.05, 0) is 6.42 Å². The lowest BCUT2D eigenvalue weighted by Gasteiger charge is -2.24. The fourth-order valence-corrected chi connectivity index (χ4v) is 1.88. The molecule has 1 atom stereocenters. The van der Waals surface area contributed by atoms with E-state index < -0.39 is 4.92 Å². The second-order valence-electron chi connectivity index (χ2n) is 4.10. The maximum atomic E-state index is 10.8. The molecule has 1 aliphatic heterocycles. The number of nitrogens with one attached hydrogen (secondary N) is 1. The fraction of sp³-hybridized carbons (Fsp3) is 0.500. The summed E-state index contributed by atoms with van der Waals surface area (Å²) in [6.45, 7) is 1.30. The van der Waals surface area contributed by atoms with Crippen molar-refractivity contribution >= 4 is 17.3 Å². The Kier molecular flexibility index (Phi) is 3.58. The number of nitrogen functional groups attached to an aromatic ring is 1. The molecule has 0 aromatic carbocycles. The summed E-state index contributed by atoms with van der Waals surface area (Å²) in [6, 6.07) is 2.91. The molecule has 98 valence electrons. The van der Waals surface area contributed by atoms with Crippen LogP contribution in [0.3, 0.4) is 0 Å². The maximum Gasteiger partial charge on any atom is 0.276 e. The highest BCUT2D eigenvalue weighted by Gasteiger charge is 2.23. The molecule has 0 aliphatic carbocycles. The van der Waals surface area contributed by atoms with Crippen LogP contribution in [0.2, 0.25) is 0 Å². The van der Waals surface area contributed by atoms with E-state index in [1.165, 1.54) is 12.1 Å². The first-order chi connectivity index (χ1) is 8.61. The van der Waals surface area contributed by atoms with Crippen molar-refractivity contribution in [3.63, 3.8) is 0 Å². The van der Waals surface area contributed by atoms with Crippen molar-refractivity contribution < 1.29 is 9.66 Å². The van der Waals surface area contributed by atoms with Crippen molar-refractivity contribution in [3.05, 3.63) is 22.2 Å². The Balaban J connectivity index is 2.30. The van der Waals surface area contributed by atoms with Crippen LogP contribution in [0.5, 0.6) is 0 Å². The van der Waals surface area contributed by atoms with E-state index >= 15 is 0 Å². The number of aromatic nitrogens is 1. The normalized spacial score (nSPS) is 18.7. The lowest BCUT2D eigenvalue weighted by atomic mass is 10.2. The van der Waals surface area contributed by atoms with E-state index in [0.717, 1.165) is 6.42 Å². The zero-order valence-corrected chi connectivity index (χ0v) is 10.00. The summed E-state index contributed by atoms with van der Waals surface area (Å²) in [5.74, 6) is 6.04. The molecule has 1 aromatic rings. The van der Waals surface area contributed by atoms with E-state index in [-0.39, 0.29) is 17.5 Å². The van der Waals surface area contributed by atoms with Crippen molar-refractivity contribution in [1.82, 2.24) is 4.98 Å². The summed E-state index contributed by atoms with van der Waals surface area (Å²) in [5.41, 5.74) is 2.29. The summed E-state index contributed by atoms with van der Waals surface area (Å²) < 4.78 is 5.29. The Morgan fingerprint density at radius 1 is 1.67 bits per heavy atom. The molecule has 1 saturated heterocycles. The predicted octanol–water partition coefficient (Wildman–Crippen LogP) is 0.500. The van der Waals surface area contributed by atoms with Gasteiger partial charge in [-0.2, -0.15) is 0 Å². The molecule has 1 unspecified atom stereocenters. The minimum Gasteiger partial charge on any atom is -0.379 e. The predicted molar refractivity (Wildman–Crippen MR) is 66.3 cm³/mol. The lowest BCUT2D eigenvalue weighted by molar-refractivity contribution is -0.384. The van der Waals surface area contributed by atoms with Crippen molar-refractivity contribution in [2.75, 3.05) is 30.6 Å². The number of hydrogen-bond acceptors (Lipinski definition) is 7. The molecule has 18 heavy (non-hydrogen) atoms. The smallest absolute Gasteiger partial charge is 0.276 e. The number of nitro groups is 1. The van der Waals surface area contributed by atoms with Gasteiger partial charge in [-0.15, -0.1) is 0 Å². The monoisotopic (exact) mass is 253 g/mol. The molecule has 2 rings (SSSR count). The Labute approximate surface area is 104 Å². The van der Waals surface area contributed by atoms with Crippen molar-refractivity contribution in [3.8, 4) is 0 Å². The fourth-order valence-electron chi connectivity index (χ4n) is 1.88. The summed E-state index contributed by atoms with van der Waals surface area (Å²) in [7, 11) is 1.84. The highest BCUT2D eigenvalue weighted by Crippen LogP contribution is 2.25. The van der Waals surface area contributed by atoms with Crippen LogP contribution in [0.4, 0.5) is 17.3 Å². The number of pyridine rings is 1. The third kappa shape index (κ3) is 2.49. The molecule has 1 fully saturated rings. The van der Waals surface area contributed by atoms with Gasteiger partial charge in [0.1, 0.15) is 11.6 Å². The van der Waals surface area contributed by atoms with Crippen molar-refractivity contribution in [1.29, 1.82) is 0 Å². The third-order valence-electron chi connectivity index (χ3n) is 2.97. The second-order valence-corrected chi connectivity index (χ2v) is 4.10. The van der Waals surface area contributed by atoms with E-state index in [1.807, 2.05) is 11.9 Å². The molecular weight excluding hydrogens is 238 g/mol. The van der Waals surface area contributed by atoms with Gasteiger partial charge in [-0.1, -0.05) is 0 Å². The number of ether oxygens (including phenoxy) is 1. The minimum absolute atomic E-state index is 0.0429. The van der Waals surface area contributed by atoms with Gasteiger partial charge in [0.25, 0.3) is 5.69 Å². The number of nitrogens with zero attached hydrogens (tertiary/aromatic N) is 3. The average Bonchev–Trinajstić information content (AvgIpc) is 2.91. The largest absolute Gasteiger partial charge is 0.379 e. The van der Waals surface area contributed by atoms with Crippen molar-refractivity contribution in [2.45, 2.75) is 12.5 Å². The Bertz CT molecular complexity index is 447. The number of nitrogens with two attached hydrogens (primary N) is 1. The summed E-state index contributed by atoms with van der Waals surface area (Å²) in [6.07, 6.45) is 0.881. The highest BCUT2D eigenvalue weighted by molar-refractivity contribution is 5.55.